The minimum atomic E-state index is -0.0324. The molecule has 0 aliphatic rings. The average Bonchev–Trinajstić information content (AvgIpc) is 2.52. The molecule has 0 saturated heterocycles. The fourth-order valence-corrected chi connectivity index (χ4v) is 1.97. The van der Waals surface area contributed by atoms with E-state index in [1.54, 1.807) is 6.08 Å². The number of hydrogen-bond acceptors (Lipinski definition) is 2. The van der Waals surface area contributed by atoms with Crippen molar-refractivity contribution in [3.8, 4) is 5.75 Å². The highest BCUT2D eigenvalue weighted by molar-refractivity contribution is 5.50. The van der Waals surface area contributed by atoms with Crippen LogP contribution < -0.4 is 4.74 Å². The zero-order valence-electron chi connectivity index (χ0n) is 11.4. The van der Waals surface area contributed by atoms with Gasteiger partial charge in [0, 0.05) is 0 Å². The van der Waals surface area contributed by atoms with Gasteiger partial charge in [0.25, 0.3) is 0 Å². The van der Waals surface area contributed by atoms with E-state index < -0.39 is 0 Å². The van der Waals surface area contributed by atoms with Crippen molar-refractivity contribution >= 4 is 6.08 Å². The van der Waals surface area contributed by atoms with E-state index in [-0.39, 0.29) is 12.7 Å². The van der Waals surface area contributed by atoms with Gasteiger partial charge in [0.1, 0.15) is 11.9 Å². The SMILES string of the molecule is [CH2]CC(Oc1ccc(/C=C/CO)cc1)c1ccccc1. The number of aliphatic hydroxyl groups excluding tert-OH is 1. The van der Waals surface area contributed by atoms with Crippen LogP contribution in [0.15, 0.2) is 60.7 Å². The van der Waals surface area contributed by atoms with Crippen molar-refractivity contribution in [3.63, 3.8) is 0 Å². The Labute approximate surface area is 120 Å². The Hall–Kier alpha value is -2.06. The molecule has 0 spiro atoms. The molecule has 0 aromatic heterocycles. The minimum absolute atomic E-state index is 0.0324. The van der Waals surface area contributed by atoms with E-state index in [2.05, 4.69) is 6.92 Å². The highest BCUT2D eigenvalue weighted by Crippen LogP contribution is 2.24. The summed E-state index contributed by atoms with van der Waals surface area (Å²) in [5, 5.41) is 8.74. The number of hydrogen-bond donors (Lipinski definition) is 1. The standard InChI is InChI=1S/C18H19O2/c1-2-18(16-8-4-3-5-9-16)20-17-12-10-15(11-13-17)7-6-14-19/h3-13,18-19H,1-2,14H2/b7-6+. The van der Waals surface area contributed by atoms with Crippen molar-refractivity contribution in [1.29, 1.82) is 0 Å². The fourth-order valence-electron chi connectivity index (χ4n) is 1.97. The molecule has 0 aliphatic carbocycles. The van der Waals surface area contributed by atoms with Gasteiger partial charge < -0.3 is 9.84 Å². The lowest BCUT2D eigenvalue weighted by molar-refractivity contribution is 0.208. The molecule has 1 radical (unpaired) electrons. The number of aliphatic hydroxyl groups is 1. The molecule has 0 heterocycles. The molecule has 1 N–H and O–H groups in total. The van der Waals surface area contributed by atoms with Crippen LogP contribution >= 0.6 is 0 Å². The van der Waals surface area contributed by atoms with E-state index in [1.165, 1.54) is 0 Å². The van der Waals surface area contributed by atoms with Gasteiger partial charge in [0.2, 0.25) is 0 Å². The van der Waals surface area contributed by atoms with Crippen LogP contribution in [0.2, 0.25) is 0 Å². The zero-order chi connectivity index (χ0) is 14.2. The third-order valence-corrected chi connectivity index (χ3v) is 3.01. The topological polar surface area (TPSA) is 29.5 Å². The molecular formula is C18H19O2. The van der Waals surface area contributed by atoms with Gasteiger partial charge in [-0.15, -0.1) is 0 Å². The lowest BCUT2D eigenvalue weighted by Crippen LogP contribution is -2.06. The molecule has 0 saturated carbocycles. The lowest BCUT2D eigenvalue weighted by atomic mass is 10.1. The molecule has 2 rings (SSSR count). The van der Waals surface area contributed by atoms with Crippen LogP contribution in [0.25, 0.3) is 6.08 Å². The maximum absolute atomic E-state index is 8.74. The highest BCUT2D eigenvalue weighted by atomic mass is 16.5. The number of benzene rings is 2. The van der Waals surface area contributed by atoms with E-state index in [4.69, 9.17) is 9.84 Å². The second kappa shape index (κ2) is 7.51. The average molecular weight is 267 g/mol. The number of rotatable bonds is 6. The summed E-state index contributed by atoms with van der Waals surface area (Å²) in [6.45, 7) is 4.00. The summed E-state index contributed by atoms with van der Waals surface area (Å²) in [7, 11) is 0. The van der Waals surface area contributed by atoms with Gasteiger partial charge >= 0.3 is 0 Å². The van der Waals surface area contributed by atoms with Gasteiger partial charge in [-0.2, -0.15) is 0 Å². The summed E-state index contributed by atoms with van der Waals surface area (Å²) in [5.41, 5.74) is 2.17. The smallest absolute Gasteiger partial charge is 0.124 e. The zero-order valence-corrected chi connectivity index (χ0v) is 11.4. The highest BCUT2D eigenvalue weighted by Gasteiger charge is 2.10. The van der Waals surface area contributed by atoms with Gasteiger partial charge in [-0.3, -0.25) is 0 Å². The maximum atomic E-state index is 8.74. The van der Waals surface area contributed by atoms with Gasteiger partial charge in [-0.25, -0.2) is 0 Å². The molecule has 0 aliphatic heterocycles. The summed E-state index contributed by atoms with van der Waals surface area (Å²) in [5.74, 6) is 0.823. The van der Waals surface area contributed by atoms with Gasteiger partial charge in [-0.1, -0.05) is 54.6 Å². The molecule has 1 unspecified atom stereocenters. The third kappa shape index (κ3) is 3.97. The van der Waals surface area contributed by atoms with E-state index in [0.717, 1.165) is 16.9 Å². The quantitative estimate of drug-likeness (QED) is 0.856. The molecule has 103 valence electrons. The van der Waals surface area contributed by atoms with Crippen LogP contribution in [0.1, 0.15) is 23.7 Å². The molecule has 0 bridgehead atoms. The predicted octanol–water partition coefficient (Wildman–Crippen LogP) is 4.04. The Morgan fingerprint density at radius 3 is 2.35 bits per heavy atom. The van der Waals surface area contributed by atoms with E-state index in [1.807, 2.05) is 60.7 Å². The van der Waals surface area contributed by atoms with E-state index >= 15 is 0 Å². The summed E-state index contributed by atoms with van der Waals surface area (Å²) in [6, 6.07) is 17.9. The van der Waals surface area contributed by atoms with Crippen molar-refractivity contribution < 1.29 is 9.84 Å². The van der Waals surface area contributed by atoms with E-state index in [9.17, 15) is 0 Å². The molecule has 20 heavy (non-hydrogen) atoms. The molecule has 1 atom stereocenters. The van der Waals surface area contributed by atoms with Crippen molar-refractivity contribution in [2.45, 2.75) is 12.5 Å². The second-order valence-corrected chi connectivity index (χ2v) is 4.46. The van der Waals surface area contributed by atoms with Crippen LogP contribution in [0.5, 0.6) is 5.75 Å². The molecule has 2 aromatic carbocycles. The fraction of sp³-hybridized carbons (Fsp3) is 0.167. The van der Waals surface area contributed by atoms with Gasteiger partial charge in [0.05, 0.1) is 6.61 Å². The minimum Gasteiger partial charge on any atom is -0.486 e. The maximum Gasteiger partial charge on any atom is 0.124 e. The van der Waals surface area contributed by atoms with Crippen LogP contribution in [0.3, 0.4) is 0 Å². The predicted molar refractivity (Wildman–Crippen MR) is 82.3 cm³/mol. The van der Waals surface area contributed by atoms with E-state index in [0.29, 0.717) is 6.42 Å². The largest absolute Gasteiger partial charge is 0.486 e. The second-order valence-electron chi connectivity index (χ2n) is 4.46. The first-order valence-corrected chi connectivity index (χ1v) is 6.72. The molecule has 2 aromatic rings. The van der Waals surface area contributed by atoms with Crippen LogP contribution in [0.4, 0.5) is 0 Å². The molecular weight excluding hydrogens is 248 g/mol. The molecule has 0 fully saturated rings. The first-order chi connectivity index (χ1) is 9.83. The van der Waals surface area contributed by atoms with Gasteiger partial charge in [-0.05, 0) is 36.6 Å². The van der Waals surface area contributed by atoms with Crippen molar-refractivity contribution in [3.05, 3.63) is 78.7 Å². The summed E-state index contributed by atoms with van der Waals surface area (Å²) >= 11 is 0. The van der Waals surface area contributed by atoms with Gasteiger partial charge in [0.15, 0.2) is 0 Å². The Morgan fingerprint density at radius 2 is 1.75 bits per heavy atom. The summed E-state index contributed by atoms with van der Waals surface area (Å²) in [4.78, 5) is 0. The molecule has 2 nitrogen and oxygen atoms in total. The Balaban J connectivity index is 2.06. The Morgan fingerprint density at radius 1 is 1.05 bits per heavy atom. The monoisotopic (exact) mass is 267 g/mol. The lowest BCUT2D eigenvalue weighted by Gasteiger charge is -2.18. The Kier molecular flexibility index (Phi) is 5.39. The first-order valence-electron chi connectivity index (χ1n) is 6.72. The molecule has 2 heteroatoms. The van der Waals surface area contributed by atoms with Crippen molar-refractivity contribution in [2.24, 2.45) is 0 Å². The Bertz CT molecular complexity index is 529. The first kappa shape index (κ1) is 14.4. The number of ether oxygens (including phenoxy) is 1. The normalized spacial score (nSPS) is 12.5. The third-order valence-electron chi connectivity index (χ3n) is 3.01. The van der Waals surface area contributed by atoms with Crippen LogP contribution in [-0.2, 0) is 0 Å². The van der Waals surface area contributed by atoms with Crippen LogP contribution in [-0.4, -0.2) is 11.7 Å². The van der Waals surface area contributed by atoms with Crippen LogP contribution in [0, 0.1) is 6.92 Å². The van der Waals surface area contributed by atoms with Crippen molar-refractivity contribution in [1.82, 2.24) is 0 Å². The summed E-state index contributed by atoms with van der Waals surface area (Å²) in [6.07, 6.45) is 4.23. The summed E-state index contributed by atoms with van der Waals surface area (Å²) < 4.78 is 5.97. The van der Waals surface area contributed by atoms with Crippen molar-refractivity contribution in [2.75, 3.05) is 6.61 Å². The molecule has 0 amide bonds.